The zero-order valence-electron chi connectivity index (χ0n) is 15.6. The first-order valence-corrected chi connectivity index (χ1v) is 8.68. The van der Waals surface area contributed by atoms with Gasteiger partial charge in [0.1, 0.15) is 5.75 Å². The van der Waals surface area contributed by atoms with Crippen LogP contribution in [0.5, 0.6) is 5.75 Å². The molecule has 8 nitrogen and oxygen atoms in total. The van der Waals surface area contributed by atoms with E-state index in [0.29, 0.717) is 23.0 Å². The maximum absolute atomic E-state index is 12.0. The number of nitrogens with zero attached hydrogens (tertiary/aromatic N) is 2. The standard InChI is InChI=1S/C20H20N4O4/c1-13-3-5-14(6-4-13)19-21-18(28-24-19)12-11-17(25)22-23-20(26)15-7-9-16(27-2)10-8-15/h3-10H,11-12H2,1-2H3,(H,22,25)(H,23,26). The SMILES string of the molecule is COc1ccc(C(=O)NNC(=O)CCc2nc(-c3ccc(C)cc3)no2)cc1. The number of aromatic nitrogens is 2. The van der Waals surface area contributed by atoms with Gasteiger partial charge in [0.25, 0.3) is 5.91 Å². The van der Waals surface area contributed by atoms with E-state index in [1.54, 1.807) is 31.4 Å². The van der Waals surface area contributed by atoms with Gasteiger partial charge in [-0.2, -0.15) is 4.98 Å². The van der Waals surface area contributed by atoms with Crippen molar-refractivity contribution in [2.75, 3.05) is 7.11 Å². The van der Waals surface area contributed by atoms with Gasteiger partial charge < -0.3 is 9.26 Å². The van der Waals surface area contributed by atoms with Gasteiger partial charge in [0.15, 0.2) is 0 Å². The summed E-state index contributed by atoms with van der Waals surface area (Å²) < 4.78 is 10.2. The van der Waals surface area contributed by atoms with Crippen LogP contribution in [-0.2, 0) is 11.2 Å². The molecule has 3 rings (SSSR count). The molecule has 2 amide bonds. The van der Waals surface area contributed by atoms with Crippen LogP contribution in [-0.4, -0.2) is 29.1 Å². The van der Waals surface area contributed by atoms with Gasteiger partial charge in [-0.25, -0.2) is 0 Å². The van der Waals surface area contributed by atoms with Crippen LogP contribution in [0.3, 0.4) is 0 Å². The third-order valence-electron chi connectivity index (χ3n) is 4.01. The van der Waals surface area contributed by atoms with Gasteiger partial charge in [0.2, 0.25) is 17.6 Å². The lowest BCUT2D eigenvalue weighted by Crippen LogP contribution is -2.41. The van der Waals surface area contributed by atoms with Crippen LogP contribution in [0, 0.1) is 6.92 Å². The lowest BCUT2D eigenvalue weighted by Gasteiger charge is -2.07. The molecule has 0 saturated carbocycles. The van der Waals surface area contributed by atoms with E-state index in [2.05, 4.69) is 21.0 Å². The van der Waals surface area contributed by atoms with E-state index in [4.69, 9.17) is 9.26 Å². The number of nitrogens with one attached hydrogen (secondary N) is 2. The van der Waals surface area contributed by atoms with Crippen molar-refractivity contribution in [1.82, 2.24) is 21.0 Å². The number of hydrazine groups is 1. The summed E-state index contributed by atoms with van der Waals surface area (Å²) in [6, 6.07) is 14.3. The first-order valence-electron chi connectivity index (χ1n) is 8.68. The van der Waals surface area contributed by atoms with Crippen LogP contribution in [0.15, 0.2) is 53.1 Å². The van der Waals surface area contributed by atoms with E-state index < -0.39 is 5.91 Å². The summed E-state index contributed by atoms with van der Waals surface area (Å²) >= 11 is 0. The second-order valence-corrected chi connectivity index (χ2v) is 6.11. The lowest BCUT2D eigenvalue weighted by molar-refractivity contribution is -0.121. The topological polar surface area (TPSA) is 106 Å². The van der Waals surface area contributed by atoms with E-state index in [-0.39, 0.29) is 18.7 Å². The third-order valence-corrected chi connectivity index (χ3v) is 4.01. The first-order chi connectivity index (χ1) is 13.5. The molecular weight excluding hydrogens is 360 g/mol. The van der Waals surface area contributed by atoms with Crippen LogP contribution < -0.4 is 15.6 Å². The summed E-state index contributed by atoms with van der Waals surface area (Å²) in [5, 5.41) is 3.92. The molecule has 0 fully saturated rings. The molecule has 28 heavy (non-hydrogen) atoms. The molecule has 8 heteroatoms. The molecule has 1 aromatic heterocycles. The molecule has 2 N–H and O–H groups in total. The Labute approximate surface area is 161 Å². The zero-order valence-corrected chi connectivity index (χ0v) is 15.6. The van der Waals surface area contributed by atoms with Crippen molar-refractivity contribution in [1.29, 1.82) is 0 Å². The molecule has 3 aromatic rings. The fraction of sp³-hybridized carbons (Fsp3) is 0.200. The smallest absolute Gasteiger partial charge is 0.269 e. The summed E-state index contributed by atoms with van der Waals surface area (Å²) in [5.74, 6) is 0.688. The van der Waals surface area contributed by atoms with Gasteiger partial charge in [0.05, 0.1) is 7.11 Å². The number of amides is 2. The largest absolute Gasteiger partial charge is 0.497 e. The number of aryl methyl sites for hydroxylation is 2. The van der Waals surface area contributed by atoms with Crippen molar-refractivity contribution in [3.8, 4) is 17.1 Å². The van der Waals surface area contributed by atoms with E-state index in [1.165, 1.54) is 0 Å². The normalized spacial score (nSPS) is 10.4. The molecular formula is C20H20N4O4. The van der Waals surface area contributed by atoms with Crippen molar-refractivity contribution >= 4 is 11.8 Å². The lowest BCUT2D eigenvalue weighted by atomic mass is 10.1. The van der Waals surface area contributed by atoms with Crippen LogP contribution in [0.25, 0.3) is 11.4 Å². The zero-order chi connectivity index (χ0) is 19.9. The molecule has 0 aliphatic heterocycles. The Morgan fingerprint density at radius 3 is 2.43 bits per heavy atom. The molecule has 2 aromatic carbocycles. The van der Waals surface area contributed by atoms with Crippen LogP contribution in [0.2, 0.25) is 0 Å². The first kappa shape index (κ1) is 19.1. The summed E-state index contributed by atoms with van der Waals surface area (Å²) in [6.45, 7) is 2.00. The van der Waals surface area contributed by atoms with Crippen molar-refractivity contribution in [3.05, 3.63) is 65.5 Å². The number of carbonyl (C=O) groups is 2. The van der Waals surface area contributed by atoms with Crippen molar-refractivity contribution in [2.45, 2.75) is 19.8 Å². The fourth-order valence-electron chi connectivity index (χ4n) is 2.40. The Morgan fingerprint density at radius 1 is 1.04 bits per heavy atom. The maximum Gasteiger partial charge on any atom is 0.269 e. The maximum atomic E-state index is 12.0. The highest BCUT2D eigenvalue weighted by Gasteiger charge is 2.12. The molecule has 1 heterocycles. The van der Waals surface area contributed by atoms with Crippen LogP contribution in [0.4, 0.5) is 0 Å². The number of methoxy groups -OCH3 is 1. The Hall–Kier alpha value is -3.68. The number of benzene rings is 2. The third kappa shape index (κ3) is 4.94. The van der Waals surface area contributed by atoms with Gasteiger partial charge >= 0.3 is 0 Å². The highest BCUT2D eigenvalue weighted by molar-refractivity contribution is 5.95. The van der Waals surface area contributed by atoms with Gasteiger partial charge in [-0.3, -0.25) is 20.4 Å². The van der Waals surface area contributed by atoms with Gasteiger partial charge in [-0.1, -0.05) is 35.0 Å². The van der Waals surface area contributed by atoms with Gasteiger partial charge in [-0.05, 0) is 31.2 Å². The monoisotopic (exact) mass is 380 g/mol. The van der Waals surface area contributed by atoms with Crippen LogP contribution >= 0.6 is 0 Å². The molecule has 0 bridgehead atoms. The minimum atomic E-state index is -0.421. The highest BCUT2D eigenvalue weighted by Crippen LogP contribution is 2.16. The molecule has 144 valence electrons. The Bertz CT molecular complexity index is 949. The van der Waals surface area contributed by atoms with E-state index in [1.807, 2.05) is 31.2 Å². The molecule has 0 saturated heterocycles. The average Bonchev–Trinajstić information content (AvgIpc) is 3.20. The van der Waals surface area contributed by atoms with Crippen molar-refractivity contribution < 1.29 is 18.8 Å². The molecule has 0 unspecified atom stereocenters. The minimum Gasteiger partial charge on any atom is -0.497 e. The van der Waals surface area contributed by atoms with Gasteiger partial charge in [-0.15, -0.1) is 0 Å². The second kappa shape index (κ2) is 8.81. The molecule has 0 spiro atoms. The van der Waals surface area contributed by atoms with E-state index in [9.17, 15) is 9.59 Å². The molecule has 0 radical (unpaired) electrons. The van der Waals surface area contributed by atoms with Crippen molar-refractivity contribution in [2.24, 2.45) is 0 Å². The number of hydrogen-bond acceptors (Lipinski definition) is 6. The average molecular weight is 380 g/mol. The summed E-state index contributed by atoms with van der Waals surface area (Å²) in [6.07, 6.45) is 0.363. The number of ether oxygens (including phenoxy) is 1. The number of rotatable bonds is 6. The Morgan fingerprint density at radius 2 is 1.75 bits per heavy atom. The minimum absolute atomic E-state index is 0.0957. The predicted molar refractivity (Wildman–Crippen MR) is 101 cm³/mol. The highest BCUT2D eigenvalue weighted by atomic mass is 16.5. The van der Waals surface area contributed by atoms with E-state index >= 15 is 0 Å². The molecule has 0 atom stereocenters. The molecule has 0 aliphatic carbocycles. The summed E-state index contributed by atoms with van der Waals surface area (Å²) in [5.41, 5.74) is 7.12. The van der Waals surface area contributed by atoms with Crippen LogP contribution in [0.1, 0.15) is 28.2 Å². The molecule has 0 aliphatic rings. The quantitative estimate of drug-likeness (QED) is 0.636. The number of carbonyl (C=O) groups excluding carboxylic acids is 2. The number of hydrogen-bond donors (Lipinski definition) is 2. The Balaban J connectivity index is 1.46. The summed E-state index contributed by atoms with van der Waals surface area (Å²) in [4.78, 5) is 28.2. The summed E-state index contributed by atoms with van der Waals surface area (Å²) in [7, 11) is 1.54. The second-order valence-electron chi connectivity index (χ2n) is 6.11. The van der Waals surface area contributed by atoms with E-state index in [0.717, 1.165) is 11.1 Å². The van der Waals surface area contributed by atoms with Crippen molar-refractivity contribution in [3.63, 3.8) is 0 Å². The predicted octanol–water partition coefficient (Wildman–Crippen LogP) is 2.45. The fourth-order valence-corrected chi connectivity index (χ4v) is 2.40. The van der Waals surface area contributed by atoms with Gasteiger partial charge in [0, 0.05) is 24.0 Å². The Kier molecular flexibility index (Phi) is 6.01.